The van der Waals surface area contributed by atoms with Crippen LogP contribution in [0.25, 0.3) is 0 Å². The maximum atomic E-state index is 13.0. The normalized spacial score (nSPS) is 21.3. The average molecular weight is 466 g/mol. The lowest BCUT2D eigenvalue weighted by molar-refractivity contribution is -0.119. The summed E-state index contributed by atoms with van der Waals surface area (Å²) < 4.78 is 59.1. The molecule has 0 aromatic heterocycles. The monoisotopic (exact) mass is 465 g/mol. The van der Waals surface area contributed by atoms with Gasteiger partial charge in [0.05, 0.1) is 46.8 Å². The van der Waals surface area contributed by atoms with Crippen molar-refractivity contribution in [2.24, 2.45) is 5.92 Å². The first-order valence-electron chi connectivity index (χ1n) is 9.80. The lowest BCUT2D eigenvalue weighted by Gasteiger charge is -2.30. The molecule has 2 aliphatic heterocycles. The Morgan fingerprint density at radius 3 is 2.29 bits per heavy atom. The van der Waals surface area contributed by atoms with Crippen molar-refractivity contribution in [3.63, 3.8) is 0 Å². The number of nitrogens with zero attached hydrogens (tertiary/aromatic N) is 2. The highest BCUT2D eigenvalue weighted by molar-refractivity contribution is 7.94. The van der Waals surface area contributed by atoms with Crippen molar-refractivity contribution < 1.29 is 26.4 Å². The number of morpholine rings is 1. The van der Waals surface area contributed by atoms with Crippen LogP contribution in [0.5, 0.6) is 0 Å². The summed E-state index contributed by atoms with van der Waals surface area (Å²) in [6.45, 7) is 4.00. The molecule has 0 unspecified atom stereocenters. The van der Waals surface area contributed by atoms with Crippen LogP contribution in [0.3, 0.4) is 0 Å². The summed E-state index contributed by atoms with van der Waals surface area (Å²) >= 11 is 0. The van der Waals surface area contributed by atoms with E-state index in [0.717, 1.165) is 9.99 Å². The lowest BCUT2D eigenvalue weighted by atomic mass is 10.2. The first-order chi connectivity index (χ1) is 14.7. The predicted molar refractivity (Wildman–Crippen MR) is 117 cm³/mol. The van der Waals surface area contributed by atoms with E-state index < -0.39 is 31.9 Å². The standard InChI is InChI=1S/C20H23N3O6S2/c1-15-14-30(25,26)23(20(15)24)16-6-8-17(9-7-16)31(27,28)21-18-4-2-3-5-19(18)22-10-12-29-13-11-22/h2-9,15,21H,10-14H2,1H3/t15-/m0/s1. The summed E-state index contributed by atoms with van der Waals surface area (Å²) in [7, 11) is -7.68. The smallest absolute Gasteiger partial charge is 0.261 e. The lowest BCUT2D eigenvalue weighted by Crippen LogP contribution is -2.36. The van der Waals surface area contributed by atoms with E-state index in [9.17, 15) is 21.6 Å². The van der Waals surface area contributed by atoms with E-state index in [1.54, 1.807) is 19.1 Å². The number of para-hydroxylation sites is 2. The molecule has 2 aromatic rings. The molecule has 166 valence electrons. The summed E-state index contributed by atoms with van der Waals surface area (Å²) in [6, 6.07) is 12.4. The molecule has 1 amide bonds. The number of benzene rings is 2. The van der Waals surface area contributed by atoms with Crippen molar-refractivity contribution in [1.29, 1.82) is 0 Å². The van der Waals surface area contributed by atoms with Gasteiger partial charge in [0.1, 0.15) is 0 Å². The molecule has 4 rings (SSSR count). The maximum Gasteiger partial charge on any atom is 0.261 e. The third kappa shape index (κ3) is 4.25. The zero-order valence-electron chi connectivity index (χ0n) is 16.9. The van der Waals surface area contributed by atoms with E-state index >= 15 is 0 Å². The minimum Gasteiger partial charge on any atom is -0.378 e. The van der Waals surface area contributed by atoms with Gasteiger partial charge in [-0.1, -0.05) is 19.1 Å². The van der Waals surface area contributed by atoms with Gasteiger partial charge < -0.3 is 9.64 Å². The summed E-state index contributed by atoms with van der Waals surface area (Å²) in [5.74, 6) is -1.41. The van der Waals surface area contributed by atoms with Crippen LogP contribution >= 0.6 is 0 Å². The van der Waals surface area contributed by atoms with E-state index in [0.29, 0.717) is 32.0 Å². The third-order valence-electron chi connectivity index (χ3n) is 5.24. The van der Waals surface area contributed by atoms with E-state index in [4.69, 9.17) is 4.74 Å². The highest BCUT2D eigenvalue weighted by Gasteiger charge is 2.42. The number of sulfonamides is 2. The molecular weight excluding hydrogens is 442 g/mol. The number of hydrogen-bond acceptors (Lipinski definition) is 7. The van der Waals surface area contributed by atoms with Crippen molar-refractivity contribution in [3.8, 4) is 0 Å². The number of ether oxygens (including phenoxy) is 1. The minimum atomic E-state index is -3.93. The number of nitrogens with one attached hydrogen (secondary N) is 1. The molecule has 2 aromatic carbocycles. The third-order valence-corrected chi connectivity index (χ3v) is 8.49. The van der Waals surface area contributed by atoms with E-state index in [-0.39, 0.29) is 16.3 Å². The number of amides is 1. The Morgan fingerprint density at radius 1 is 1.03 bits per heavy atom. The minimum absolute atomic E-state index is 0.0369. The van der Waals surface area contributed by atoms with E-state index in [1.165, 1.54) is 24.3 Å². The Balaban J connectivity index is 1.59. The quantitative estimate of drug-likeness (QED) is 0.714. The Morgan fingerprint density at radius 2 is 1.68 bits per heavy atom. The first-order valence-corrected chi connectivity index (χ1v) is 12.9. The molecular formula is C20H23N3O6S2. The molecule has 0 bridgehead atoms. The maximum absolute atomic E-state index is 13.0. The van der Waals surface area contributed by atoms with Gasteiger partial charge in [-0.3, -0.25) is 9.52 Å². The summed E-state index contributed by atoms with van der Waals surface area (Å²) in [6.07, 6.45) is 0. The molecule has 2 heterocycles. The molecule has 2 fully saturated rings. The molecule has 31 heavy (non-hydrogen) atoms. The van der Waals surface area contributed by atoms with Gasteiger partial charge in [-0.05, 0) is 36.4 Å². The molecule has 0 radical (unpaired) electrons. The van der Waals surface area contributed by atoms with Crippen LogP contribution < -0.4 is 13.9 Å². The highest BCUT2D eigenvalue weighted by Crippen LogP contribution is 2.31. The fraction of sp³-hybridized carbons (Fsp3) is 0.350. The second-order valence-electron chi connectivity index (χ2n) is 7.50. The van der Waals surface area contributed by atoms with Gasteiger partial charge in [0.15, 0.2) is 0 Å². The SMILES string of the molecule is C[C@H]1CS(=O)(=O)N(c2ccc(S(=O)(=O)Nc3ccccc3N3CCOCC3)cc2)C1=O. The van der Waals surface area contributed by atoms with Crippen LogP contribution in [0, 0.1) is 5.92 Å². The average Bonchev–Trinajstić information content (AvgIpc) is 2.95. The van der Waals surface area contributed by atoms with Gasteiger partial charge in [-0.2, -0.15) is 0 Å². The van der Waals surface area contributed by atoms with Gasteiger partial charge in [-0.15, -0.1) is 0 Å². The zero-order valence-corrected chi connectivity index (χ0v) is 18.5. The van der Waals surface area contributed by atoms with Gasteiger partial charge in [0.2, 0.25) is 15.9 Å². The summed E-state index contributed by atoms with van der Waals surface area (Å²) in [4.78, 5) is 14.2. The Labute approximate surface area is 181 Å². The van der Waals surface area contributed by atoms with Crippen molar-refractivity contribution in [2.75, 3.05) is 46.0 Å². The molecule has 0 aliphatic carbocycles. The molecule has 0 spiro atoms. The second-order valence-corrected chi connectivity index (χ2v) is 11.0. The van der Waals surface area contributed by atoms with Crippen molar-refractivity contribution in [3.05, 3.63) is 48.5 Å². The number of anilines is 3. The fourth-order valence-electron chi connectivity index (χ4n) is 3.69. The Kier molecular flexibility index (Phi) is 5.67. The Hall–Kier alpha value is -2.63. The zero-order chi connectivity index (χ0) is 22.2. The van der Waals surface area contributed by atoms with E-state index in [2.05, 4.69) is 9.62 Å². The summed E-state index contributed by atoms with van der Waals surface area (Å²) in [5, 5.41) is 0. The van der Waals surface area contributed by atoms with Gasteiger partial charge >= 0.3 is 0 Å². The van der Waals surface area contributed by atoms with Crippen LogP contribution in [-0.4, -0.2) is 54.8 Å². The molecule has 1 atom stereocenters. The summed E-state index contributed by atoms with van der Waals surface area (Å²) in [5.41, 5.74) is 1.33. The van der Waals surface area contributed by atoms with Crippen molar-refractivity contribution in [1.82, 2.24) is 0 Å². The van der Waals surface area contributed by atoms with Crippen LogP contribution in [0.4, 0.5) is 17.1 Å². The van der Waals surface area contributed by atoms with Gasteiger partial charge in [0, 0.05) is 13.1 Å². The molecule has 0 saturated carbocycles. The molecule has 1 N–H and O–H groups in total. The van der Waals surface area contributed by atoms with Crippen LogP contribution in [0.2, 0.25) is 0 Å². The van der Waals surface area contributed by atoms with Gasteiger partial charge in [0.25, 0.3) is 10.0 Å². The largest absolute Gasteiger partial charge is 0.378 e. The van der Waals surface area contributed by atoms with Crippen LogP contribution in [0.15, 0.2) is 53.4 Å². The van der Waals surface area contributed by atoms with Crippen LogP contribution in [0.1, 0.15) is 6.92 Å². The number of hydrogen-bond donors (Lipinski definition) is 1. The molecule has 11 heteroatoms. The number of carbonyl (C=O) groups excluding carboxylic acids is 1. The highest BCUT2D eigenvalue weighted by atomic mass is 32.2. The Bertz CT molecular complexity index is 1190. The second kappa shape index (κ2) is 8.13. The fourth-order valence-corrected chi connectivity index (χ4v) is 6.59. The van der Waals surface area contributed by atoms with Crippen LogP contribution in [-0.2, 0) is 29.6 Å². The number of rotatable bonds is 5. The van der Waals surface area contributed by atoms with Crippen molar-refractivity contribution in [2.45, 2.75) is 11.8 Å². The predicted octanol–water partition coefficient (Wildman–Crippen LogP) is 1.64. The first kappa shape index (κ1) is 21.6. The van der Waals surface area contributed by atoms with Crippen molar-refractivity contribution >= 4 is 43.0 Å². The van der Waals surface area contributed by atoms with Gasteiger partial charge in [-0.25, -0.2) is 21.1 Å². The molecule has 9 nitrogen and oxygen atoms in total. The molecule has 2 aliphatic rings. The topological polar surface area (TPSA) is 113 Å². The molecule has 2 saturated heterocycles. The van der Waals surface area contributed by atoms with E-state index in [1.807, 2.05) is 12.1 Å². The number of carbonyl (C=O) groups is 1.